The van der Waals surface area contributed by atoms with Crippen molar-refractivity contribution in [1.29, 1.82) is 0 Å². The second kappa shape index (κ2) is 11.1. The average Bonchev–Trinajstić information content (AvgIpc) is 3.43. The summed E-state index contributed by atoms with van der Waals surface area (Å²) in [6.45, 7) is 4.99. The molecule has 1 spiro atoms. The van der Waals surface area contributed by atoms with Gasteiger partial charge < -0.3 is 10.2 Å². The number of carbonyl (C=O) groups excluding carboxylic acids is 3. The smallest absolute Gasteiger partial charge is 0.332 e. The van der Waals surface area contributed by atoms with Crippen molar-refractivity contribution in [2.75, 3.05) is 12.4 Å². The number of fused-ring (bicyclic) bond motifs is 2. The Morgan fingerprint density at radius 1 is 1.09 bits per heavy atom. The van der Waals surface area contributed by atoms with Gasteiger partial charge in [0, 0.05) is 47.7 Å². The number of allylic oxidation sites excluding steroid dienone is 2. The summed E-state index contributed by atoms with van der Waals surface area (Å²) in [6, 6.07) is 5.17. The molecular formula is C31H28F5N5O3. The van der Waals surface area contributed by atoms with Crippen LogP contribution in [0, 0.1) is 18.6 Å². The minimum atomic E-state index is -4.57. The zero-order valence-electron chi connectivity index (χ0n) is 24.2. The van der Waals surface area contributed by atoms with Crippen LogP contribution in [0.25, 0.3) is 11.3 Å². The highest BCUT2D eigenvalue weighted by Crippen LogP contribution is 2.50. The molecule has 13 heteroatoms. The number of aromatic nitrogens is 2. The first-order valence-electron chi connectivity index (χ1n) is 13.7. The van der Waals surface area contributed by atoms with Crippen LogP contribution >= 0.6 is 0 Å². The Hall–Kier alpha value is -4.68. The normalized spacial score (nSPS) is 22.1. The number of benzene rings is 2. The predicted octanol–water partition coefficient (Wildman–Crippen LogP) is 5.66. The number of aldehydes is 1. The first-order chi connectivity index (χ1) is 20.7. The summed E-state index contributed by atoms with van der Waals surface area (Å²) in [7, 11) is 1.47. The van der Waals surface area contributed by atoms with Crippen LogP contribution in [0.2, 0.25) is 0 Å². The Labute approximate surface area is 249 Å². The lowest BCUT2D eigenvalue weighted by Crippen LogP contribution is -2.57. The minimum absolute atomic E-state index is 0.00654. The molecule has 0 radical (unpaired) electrons. The molecule has 8 nitrogen and oxygen atoms in total. The SMILES string of the molecule is CN=C/C(=C\C=O)c1c(C)c(C(=O)N2[C@H](C)CC3(C[C@@H]2C)C(=O)Nc2ccc(F)c(F)c23)nn1-c1ccc(C(F)(F)F)cc1. The molecule has 1 saturated heterocycles. The van der Waals surface area contributed by atoms with Gasteiger partial charge in [0.2, 0.25) is 5.91 Å². The van der Waals surface area contributed by atoms with E-state index in [-0.39, 0.29) is 46.7 Å². The molecule has 0 bridgehead atoms. The number of amides is 2. The number of rotatable bonds is 5. The van der Waals surface area contributed by atoms with Crippen LogP contribution in [0.5, 0.6) is 0 Å². The molecule has 0 saturated carbocycles. The van der Waals surface area contributed by atoms with Crippen molar-refractivity contribution in [1.82, 2.24) is 14.7 Å². The largest absolute Gasteiger partial charge is 0.416 e. The van der Waals surface area contributed by atoms with Gasteiger partial charge in [-0.2, -0.15) is 18.3 Å². The van der Waals surface area contributed by atoms with Crippen molar-refractivity contribution in [3.8, 4) is 5.69 Å². The van der Waals surface area contributed by atoms with Crippen LogP contribution in [0.15, 0.2) is 47.5 Å². The number of aliphatic imine (C=N–C) groups is 1. The van der Waals surface area contributed by atoms with Gasteiger partial charge in [-0.3, -0.25) is 19.4 Å². The van der Waals surface area contributed by atoms with Crippen LogP contribution in [-0.4, -0.2) is 58.1 Å². The third-order valence-corrected chi connectivity index (χ3v) is 8.28. The van der Waals surface area contributed by atoms with Gasteiger partial charge >= 0.3 is 6.18 Å². The number of piperidine rings is 1. The van der Waals surface area contributed by atoms with Gasteiger partial charge in [0.1, 0.15) is 6.29 Å². The van der Waals surface area contributed by atoms with Crippen molar-refractivity contribution in [2.45, 2.75) is 57.3 Å². The molecule has 1 fully saturated rings. The minimum Gasteiger partial charge on any atom is -0.332 e. The van der Waals surface area contributed by atoms with Crippen LogP contribution in [0.3, 0.4) is 0 Å². The molecule has 2 aromatic carbocycles. The Balaban J connectivity index is 1.58. The molecule has 0 aliphatic carbocycles. The number of nitrogens with zero attached hydrogens (tertiary/aromatic N) is 4. The van der Waals surface area contributed by atoms with Crippen LogP contribution < -0.4 is 5.32 Å². The number of carbonyl (C=O) groups is 3. The highest BCUT2D eigenvalue weighted by molar-refractivity contribution is 6.14. The molecule has 2 aliphatic heterocycles. The summed E-state index contributed by atoms with van der Waals surface area (Å²) in [5, 5.41) is 7.15. The fourth-order valence-corrected chi connectivity index (χ4v) is 6.53. The standard InChI is InChI=1S/C31H28F5N5O3/c1-16-13-30(24-23(38-29(30)44)10-9-22(32)25(24)33)14-17(2)40(16)28(43)26-18(3)27(19(11-12-42)15-37-4)41(39-26)21-7-5-20(6-8-21)31(34,35)36/h5-12,15-17H,13-14H2,1-4H3,(H,38,44)/b19-11+,37-15?/t16-,17+,30?. The average molecular weight is 614 g/mol. The quantitative estimate of drug-likeness (QED) is 0.174. The van der Waals surface area contributed by atoms with E-state index < -0.39 is 52.7 Å². The number of halogens is 5. The third kappa shape index (κ3) is 4.89. The lowest BCUT2D eigenvalue weighted by Gasteiger charge is -2.46. The molecule has 44 heavy (non-hydrogen) atoms. The molecule has 2 amide bonds. The number of nitrogens with one attached hydrogen (secondary N) is 1. The van der Waals surface area contributed by atoms with Gasteiger partial charge in [-0.15, -0.1) is 0 Å². The molecular weight excluding hydrogens is 585 g/mol. The summed E-state index contributed by atoms with van der Waals surface area (Å²) in [4.78, 5) is 44.3. The van der Waals surface area contributed by atoms with Gasteiger partial charge in [0.15, 0.2) is 17.3 Å². The van der Waals surface area contributed by atoms with Crippen molar-refractivity contribution < 1.29 is 36.3 Å². The molecule has 3 atom stereocenters. The van der Waals surface area contributed by atoms with Crippen LogP contribution in [-0.2, 0) is 21.2 Å². The van der Waals surface area contributed by atoms with Crippen molar-refractivity contribution in [3.63, 3.8) is 0 Å². The van der Waals surface area contributed by atoms with E-state index in [2.05, 4.69) is 15.4 Å². The zero-order valence-corrected chi connectivity index (χ0v) is 24.2. The Bertz CT molecular complexity index is 1710. The highest BCUT2D eigenvalue weighted by Gasteiger charge is 2.55. The maximum Gasteiger partial charge on any atom is 0.416 e. The summed E-state index contributed by atoms with van der Waals surface area (Å²) in [5.74, 6) is -3.20. The lowest BCUT2D eigenvalue weighted by molar-refractivity contribution is -0.137. The van der Waals surface area contributed by atoms with E-state index in [0.29, 0.717) is 11.8 Å². The summed E-state index contributed by atoms with van der Waals surface area (Å²) >= 11 is 0. The Morgan fingerprint density at radius 3 is 2.30 bits per heavy atom. The Kier molecular flexibility index (Phi) is 7.77. The molecule has 3 heterocycles. The maximum absolute atomic E-state index is 15.1. The van der Waals surface area contributed by atoms with E-state index in [4.69, 9.17) is 0 Å². The van der Waals surface area contributed by atoms with Crippen molar-refractivity contribution in [3.05, 3.63) is 82.2 Å². The van der Waals surface area contributed by atoms with E-state index in [1.165, 1.54) is 47.1 Å². The third-order valence-electron chi connectivity index (χ3n) is 8.28. The van der Waals surface area contributed by atoms with E-state index in [1.54, 1.807) is 20.8 Å². The van der Waals surface area contributed by atoms with Crippen LogP contribution in [0.1, 0.15) is 59.6 Å². The second-order valence-corrected chi connectivity index (χ2v) is 11.1. The monoisotopic (exact) mass is 613 g/mol. The fraction of sp³-hybridized carbons (Fsp3) is 0.323. The highest BCUT2D eigenvalue weighted by atomic mass is 19.4. The predicted molar refractivity (Wildman–Crippen MR) is 153 cm³/mol. The van der Waals surface area contributed by atoms with Gasteiger partial charge in [-0.1, -0.05) is 0 Å². The van der Waals surface area contributed by atoms with E-state index >= 15 is 4.39 Å². The zero-order chi connectivity index (χ0) is 32.1. The number of hydrogen-bond donors (Lipinski definition) is 1. The molecule has 2 aliphatic rings. The summed E-state index contributed by atoms with van der Waals surface area (Å²) in [6.07, 6.45) is -1.47. The number of likely N-dealkylation sites (tertiary alicyclic amines) is 1. The van der Waals surface area contributed by atoms with Crippen molar-refractivity contribution >= 4 is 35.6 Å². The van der Waals surface area contributed by atoms with E-state index in [9.17, 15) is 31.9 Å². The summed E-state index contributed by atoms with van der Waals surface area (Å²) in [5.41, 5.74) is -1.11. The fourth-order valence-electron chi connectivity index (χ4n) is 6.53. The molecule has 1 aromatic heterocycles. The van der Waals surface area contributed by atoms with Gasteiger partial charge in [0.05, 0.1) is 22.4 Å². The number of hydrogen-bond acceptors (Lipinski definition) is 5. The first-order valence-corrected chi connectivity index (χ1v) is 13.7. The van der Waals surface area contributed by atoms with Crippen LogP contribution in [0.4, 0.5) is 27.6 Å². The van der Waals surface area contributed by atoms with Crippen molar-refractivity contribution in [2.24, 2.45) is 4.99 Å². The van der Waals surface area contributed by atoms with Gasteiger partial charge in [-0.05, 0) is 76.1 Å². The second-order valence-electron chi connectivity index (χ2n) is 11.1. The molecule has 1 N–H and O–H groups in total. The molecule has 1 unspecified atom stereocenters. The lowest BCUT2D eigenvalue weighted by atomic mass is 9.68. The molecule has 230 valence electrons. The number of alkyl halides is 3. The van der Waals surface area contributed by atoms with E-state index in [0.717, 1.165) is 18.2 Å². The Morgan fingerprint density at radius 2 is 1.73 bits per heavy atom. The van der Waals surface area contributed by atoms with E-state index in [1.807, 2.05) is 0 Å². The topological polar surface area (TPSA) is 96.7 Å². The number of anilines is 1. The van der Waals surface area contributed by atoms with Gasteiger partial charge in [-0.25, -0.2) is 13.5 Å². The molecule has 5 rings (SSSR count). The summed E-state index contributed by atoms with van der Waals surface area (Å²) < 4.78 is 70.3. The molecule has 3 aromatic rings. The van der Waals surface area contributed by atoms with Gasteiger partial charge in [0.25, 0.3) is 5.91 Å². The maximum atomic E-state index is 15.1. The first kappa shape index (κ1) is 30.8.